The van der Waals surface area contributed by atoms with Crippen molar-refractivity contribution in [2.75, 3.05) is 5.75 Å². The quantitative estimate of drug-likeness (QED) is 0.476. The van der Waals surface area contributed by atoms with Crippen molar-refractivity contribution in [1.29, 1.82) is 0 Å². The number of ketones is 1. The van der Waals surface area contributed by atoms with Crippen LogP contribution in [0.1, 0.15) is 21.5 Å². The highest BCUT2D eigenvalue weighted by Gasteiger charge is 2.14. The van der Waals surface area contributed by atoms with E-state index in [1.165, 1.54) is 11.8 Å². The summed E-state index contributed by atoms with van der Waals surface area (Å²) in [6.45, 7) is 3.93. The van der Waals surface area contributed by atoms with Crippen molar-refractivity contribution >= 4 is 33.5 Å². The van der Waals surface area contributed by atoms with Crippen LogP contribution in [0.25, 0.3) is 5.69 Å². The second kappa shape index (κ2) is 7.27. The molecule has 0 bridgehead atoms. The molecule has 1 heterocycles. The van der Waals surface area contributed by atoms with E-state index < -0.39 is 0 Å². The maximum Gasteiger partial charge on any atom is 0.214 e. The molecular formula is C17H15BrN4OS. The van der Waals surface area contributed by atoms with Crippen LogP contribution < -0.4 is 0 Å². The highest BCUT2D eigenvalue weighted by molar-refractivity contribution is 9.10. The fourth-order valence-corrected chi connectivity index (χ4v) is 3.30. The molecule has 0 saturated heterocycles. The van der Waals surface area contributed by atoms with Crippen molar-refractivity contribution in [3.63, 3.8) is 0 Å². The van der Waals surface area contributed by atoms with Gasteiger partial charge >= 0.3 is 0 Å². The maximum atomic E-state index is 12.5. The minimum absolute atomic E-state index is 0.0755. The molecule has 24 heavy (non-hydrogen) atoms. The number of halogens is 1. The first-order valence-corrected chi connectivity index (χ1v) is 9.10. The van der Waals surface area contributed by atoms with Crippen LogP contribution in [-0.2, 0) is 0 Å². The lowest BCUT2D eigenvalue weighted by molar-refractivity contribution is 0.102. The summed E-state index contributed by atoms with van der Waals surface area (Å²) in [4.78, 5) is 12.5. The average Bonchev–Trinajstić information content (AvgIpc) is 3.04. The number of hydrogen-bond acceptors (Lipinski definition) is 5. The van der Waals surface area contributed by atoms with Gasteiger partial charge in [-0.25, -0.2) is 0 Å². The summed E-state index contributed by atoms with van der Waals surface area (Å²) in [7, 11) is 0. The first kappa shape index (κ1) is 16.9. The zero-order valence-corrected chi connectivity index (χ0v) is 15.6. The summed E-state index contributed by atoms with van der Waals surface area (Å²) < 4.78 is 2.62. The summed E-state index contributed by atoms with van der Waals surface area (Å²) in [5, 5.41) is 12.3. The largest absolute Gasteiger partial charge is 0.293 e. The van der Waals surface area contributed by atoms with Gasteiger partial charge in [0.25, 0.3) is 0 Å². The summed E-state index contributed by atoms with van der Waals surface area (Å²) in [6, 6.07) is 13.6. The zero-order valence-electron chi connectivity index (χ0n) is 13.2. The van der Waals surface area contributed by atoms with Gasteiger partial charge in [-0.2, -0.15) is 4.68 Å². The Morgan fingerprint density at radius 2 is 1.92 bits per heavy atom. The van der Waals surface area contributed by atoms with E-state index in [1.54, 1.807) is 4.68 Å². The average molecular weight is 403 g/mol. The number of tetrazole rings is 1. The Morgan fingerprint density at radius 1 is 1.17 bits per heavy atom. The number of hydrogen-bond donors (Lipinski definition) is 0. The van der Waals surface area contributed by atoms with Crippen molar-refractivity contribution in [3.05, 3.63) is 63.6 Å². The Bertz CT molecular complexity index is 877. The third-order valence-electron chi connectivity index (χ3n) is 3.54. The molecular weight excluding hydrogens is 388 g/mol. The lowest BCUT2D eigenvalue weighted by Gasteiger charge is -2.07. The summed E-state index contributed by atoms with van der Waals surface area (Å²) in [5.74, 6) is 0.368. The number of rotatable bonds is 5. The van der Waals surface area contributed by atoms with Gasteiger partial charge in [0.05, 0.1) is 11.4 Å². The van der Waals surface area contributed by atoms with Gasteiger partial charge in [-0.3, -0.25) is 4.79 Å². The van der Waals surface area contributed by atoms with Gasteiger partial charge in [0.1, 0.15) is 0 Å². The van der Waals surface area contributed by atoms with Crippen LogP contribution in [0.5, 0.6) is 0 Å². The number of carbonyl (C=O) groups excluding carboxylic acids is 1. The molecule has 0 spiro atoms. The smallest absolute Gasteiger partial charge is 0.214 e. The monoisotopic (exact) mass is 402 g/mol. The molecule has 3 rings (SSSR count). The molecule has 0 aliphatic carbocycles. The Hall–Kier alpha value is -1.99. The minimum Gasteiger partial charge on any atom is -0.293 e. The van der Waals surface area contributed by atoms with Gasteiger partial charge < -0.3 is 0 Å². The SMILES string of the molecule is Cc1ccc(C)c(C(=O)CSc2nnnn2-c2ccc(Br)cc2)c1. The number of nitrogens with zero attached hydrogens (tertiary/aromatic N) is 4. The van der Waals surface area contributed by atoms with E-state index >= 15 is 0 Å². The number of carbonyl (C=O) groups is 1. The van der Waals surface area contributed by atoms with E-state index in [0.717, 1.165) is 26.9 Å². The number of aromatic nitrogens is 4. The van der Waals surface area contributed by atoms with Gasteiger partial charge in [0.15, 0.2) is 5.78 Å². The highest BCUT2D eigenvalue weighted by Crippen LogP contribution is 2.22. The molecule has 0 saturated carbocycles. The number of benzene rings is 2. The molecule has 2 aromatic carbocycles. The van der Waals surface area contributed by atoms with E-state index in [4.69, 9.17) is 0 Å². The fraction of sp³-hybridized carbons (Fsp3) is 0.176. The van der Waals surface area contributed by atoms with Crippen molar-refractivity contribution in [2.45, 2.75) is 19.0 Å². The topological polar surface area (TPSA) is 60.7 Å². The van der Waals surface area contributed by atoms with Crippen LogP contribution >= 0.6 is 27.7 Å². The van der Waals surface area contributed by atoms with Crippen LogP contribution in [0.15, 0.2) is 52.1 Å². The number of Topliss-reactive ketones (excluding diaryl/α,β-unsaturated/α-hetero) is 1. The van der Waals surface area contributed by atoms with Gasteiger partial charge in [-0.1, -0.05) is 45.4 Å². The first-order valence-electron chi connectivity index (χ1n) is 7.32. The molecule has 0 aliphatic rings. The third kappa shape index (κ3) is 3.73. The van der Waals surface area contributed by atoms with E-state index in [9.17, 15) is 4.79 Å². The molecule has 3 aromatic rings. The molecule has 0 N–H and O–H groups in total. The molecule has 5 nitrogen and oxygen atoms in total. The van der Waals surface area contributed by atoms with Crippen LogP contribution in [0.3, 0.4) is 0 Å². The maximum absolute atomic E-state index is 12.5. The standard InChI is InChI=1S/C17H15BrN4OS/c1-11-3-4-12(2)15(9-11)16(23)10-24-17-19-20-21-22(17)14-7-5-13(18)6-8-14/h3-9H,10H2,1-2H3. The zero-order chi connectivity index (χ0) is 17.1. The summed E-state index contributed by atoms with van der Waals surface area (Å²) >= 11 is 4.74. The molecule has 0 radical (unpaired) electrons. The van der Waals surface area contributed by atoms with Crippen LogP contribution in [0.4, 0.5) is 0 Å². The van der Waals surface area contributed by atoms with E-state index in [0.29, 0.717) is 10.9 Å². The van der Waals surface area contributed by atoms with Gasteiger partial charge in [0.2, 0.25) is 5.16 Å². The molecule has 0 aliphatic heterocycles. The van der Waals surface area contributed by atoms with E-state index in [2.05, 4.69) is 31.5 Å². The second-order valence-electron chi connectivity index (χ2n) is 5.38. The number of aryl methyl sites for hydroxylation is 2. The number of thioether (sulfide) groups is 1. The van der Waals surface area contributed by atoms with Gasteiger partial charge in [-0.15, -0.1) is 5.10 Å². The fourth-order valence-electron chi connectivity index (χ4n) is 2.26. The predicted molar refractivity (Wildman–Crippen MR) is 97.8 cm³/mol. The molecule has 7 heteroatoms. The molecule has 122 valence electrons. The minimum atomic E-state index is 0.0755. The Balaban J connectivity index is 1.76. The van der Waals surface area contributed by atoms with Crippen molar-refractivity contribution < 1.29 is 4.79 Å². The Morgan fingerprint density at radius 3 is 2.67 bits per heavy atom. The first-order chi connectivity index (χ1) is 11.5. The third-order valence-corrected chi connectivity index (χ3v) is 4.99. The lowest BCUT2D eigenvalue weighted by atomic mass is 10.0. The second-order valence-corrected chi connectivity index (χ2v) is 7.24. The Labute approximate surface area is 152 Å². The van der Waals surface area contributed by atoms with Gasteiger partial charge in [-0.05, 0) is 60.2 Å². The van der Waals surface area contributed by atoms with Crippen molar-refractivity contribution in [3.8, 4) is 5.69 Å². The predicted octanol–water partition coefficient (Wildman–Crippen LogP) is 4.02. The van der Waals surface area contributed by atoms with E-state index in [-0.39, 0.29) is 5.78 Å². The highest BCUT2D eigenvalue weighted by atomic mass is 79.9. The molecule has 0 atom stereocenters. The Kier molecular flexibility index (Phi) is 5.11. The molecule has 1 aromatic heterocycles. The van der Waals surface area contributed by atoms with Gasteiger partial charge in [0, 0.05) is 10.0 Å². The molecule has 0 fully saturated rings. The molecule has 0 amide bonds. The summed E-state index contributed by atoms with van der Waals surface area (Å²) in [5.41, 5.74) is 3.67. The van der Waals surface area contributed by atoms with Crippen LogP contribution in [-0.4, -0.2) is 31.7 Å². The van der Waals surface area contributed by atoms with Crippen LogP contribution in [0.2, 0.25) is 0 Å². The van der Waals surface area contributed by atoms with Crippen molar-refractivity contribution in [1.82, 2.24) is 20.2 Å². The van der Waals surface area contributed by atoms with E-state index in [1.807, 2.05) is 56.3 Å². The normalized spacial score (nSPS) is 10.8. The van der Waals surface area contributed by atoms with Crippen molar-refractivity contribution in [2.24, 2.45) is 0 Å². The summed E-state index contributed by atoms with van der Waals surface area (Å²) in [6.07, 6.45) is 0. The van der Waals surface area contributed by atoms with Crippen LogP contribution in [0, 0.1) is 13.8 Å². The lowest BCUT2D eigenvalue weighted by Crippen LogP contribution is -2.07. The molecule has 0 unspecified atom stereocenters.